The largest absolute Gasteiger partial charge is 0.347 e. The summed E-state index contributed by atoms with van der Waals surface area (Å²) in [6.07, 6.45) is 7.00. The van der Waals surface area contributed by atoms with E-state index in [1.807, 2.05) is 30.3 Å². The highest BCUT2D eigenvalue weighted by Gasteiger charge is 2.34. The molecular weight excluding hydrogens is 210 g/mol. The first-order valence-corrected chi connectivity index (χ1v) is 6.63. The summed E-state index contributed by atoms with van der Waals surface area (Å²) in [6, 6.07) is 9.52. The van der Waals surface area contributed by atoms with E-state index in [0.29, 0.717) is 0 Å². The SMILES string of the molecule is CCCC1(NC(=O)c2ccccc2)CCCC1. The molecule has 1 saturated carbocycles. The van der Waals surface area contributed by atoms with Crippen molar-refractivity contribution in [2.75, 3.05) is 0 Å². The molecule has 2 heteroatoms. The van der Waals surface area contributed by atoms with Gasteiger partial charge in [0.2, 0.25) is 0 Å². The van der Waals surface area contributed by atoms with Crippen molar-refractivity contribution >= 4 is 5.91 Å². The number of benzene rings is 1. The number of hydrogen-bond acceptors (Lipinski definition) is 1. The molecule has 0 saturated heterocycles. The van der Waals surface area contributed by atoms with Gasteiger partial charge in [-0.1, -0.05) is 44.4 Å². The summed E-state index contributed by atoms with van der Waals surface area (Å²) in [4.78, 5) is 12.2. The Morgan fingerprint density at radius 1 is 1.24 bits per heavy atom. The fourth-order valence-electron chi connectivity index (χ4n) is 2.87. The van der Waals surface area contributed by atoms with Crippen LogP contribution in [0.5, 0.6) is 0 Å². The Kier molecular flexibility index (Phi) is 3.82. The number of hydrogen-bond donors (Lipinski definition) is 1. The molecule has 1 aliphatic rings. The molecular formula is C15H21NO. The number of amides is 1. The Morgan fingerprint density at radius 2 is 1.88 bits per heavy atom. The quantitative estimate of drug-likeness (QED) is 0.844. The highest BCUT2D eigenvalue weighted by Crippen LogP contribution is 2.33. The van der Waals surface area contributed by atoms with Crippen molar-refractivity contribution in [2.24, 2.45) is 0 Å². The number of carbonyl (C=O) groups is 1. The molecule has 1 aromatic carbocycles. The van der Waals surface area contributed by atoms with Gasteiger partial charge >= 0.3 is 0 Å². The van der Waals surface area contributed by atoms with Gasteiger partial charge in [-0.3, -0.25) is 4.79 Å². The summed E-state index contributed by atoms with van der Waals surface area (Å²) in [5, 5.41) is 3.27. The lowest BCUT2D eigenvalue weighted by atomic mass is 9.91. The molecule has 0 radical (unpaired) electrons. The van der Waals surface area contributed by atoms with Gasteiger partial charge in [-0.25, -0.2) is 0 Å². The summed E-state index contributed by atoms with van der Waals surface area (Å²) >= 11 is 0. The minimum atomic E-state index is 0.0711. The van der Waals surface area contributed by atoms with Gasteiger partial charge in [-0.2, -0.15) is 0 Å². The van der Waals surface area contributed by atoms with Gasteiger partial charge in [-0.15, -0.1) is 0 Å². The van der Waals surface area contributed by atoms with Gasteiger partial charge in [0.15, 0.2) is 0 Å². The lowest BCUT2D eigenvalue weighted by molar-refractivity contribution is 0.0894. The van der Waals surface area contributed by atoms with E-state index in [0.717, 1.165) is 31.2 Å². The van der Waals surface area contributed by atoms with Crippen LogP contribution in [-0.2, 0) is 0 Å². The maximum atomic E-state index is 12.2. The minimum absolute atomic E-state index is 0.0711. The van der Waals surface area contributed by atoms with Crippen molar-refractivity contribution in [3.8, 4) is 0 Å². The first-order valence-electron chi connectivity index (χ1n) is 6.63. The van der Waals surface area contributed by atoms with E-state index in [1.165, 1.54) is 12.8 Å². The molecule has 1 N–H and O–H groups in total. The predicted octanol–water partition coefficient (Wildman–Crippen LogP) is 3.53. The van der Waals surface area contributed by atoms with Crippen LogP contribution in [-0.4, -0.2) is 11.4 Å². The number of nitrogens with one attached hydrogen (secondary N) is 1. The van der Waals surface area contributed by atoms with E-state index in [4.69, 9.17) is 0 Å². The average Bonchev–Trinajstić information content (AvgIpc) is 2.79. The lowest BCUT2D eigenvalue weighted by Gasteiger charge is -2.30. The fourth-order valence-corrected chi connectivity index (χ4v) is 2.87. The molecule has 1 aliphatic carbocycles. The molecule has 1 amide bonds. The molecule has 0 aliphatic heterocycles. The van der Waals surface area contributed by atoms with Crippen LogP contribution in [0.4, 0.5) is 0 Å². The van der Waals surface area contributed by atoms with Crippen molar-refractivity contribution in [1.29, 1.82) is 0 Å². The summed E-state index contributed by atoms with van der Waals surface area (Å²) in [7, 11) is 0. The second kappa shape index (κ2) is 5.35. The standard InChI is InChI=1S/C15H21NO/c1-2-10-15(11-6-7-12-15)16-14(17)13-8-4-3-5-9-13/h3-5,8-9H,2,6-7,10-12H2,1H3,(H,16,17). The third-order valence-electron chi connectivity index (χ3n) is 3.70. The van der Waals surface area contributed by atoms with E-state index in [9.17, 15) is 4.79 Å². The normalized spacial score (nSPS) is 17.9. The maximum Gasteiger partial charge on any atom is 0.251 e. The zero-order chi connectivity index (χ0) is 12.1. The Hall–Kier alpha value is -1.31. The van der Waals surface area contributed by atoms with E-state index in [1.54, 1.807) is 0 Å². The Balaban J connectivity index is 2.06. The molecule has 2 nitrogen and oxygen atoms in total. The first-order chi connectivity index (χ1) is 8.26. The van der Waals surface area contributed by atoms with Crippen LogP contribution in [0.3, 0.4) is 0 Å². The Bertz CT molecular complexity index is 366. The molecule has 0 aromatic heterocycles. The second-order valence-electron chi connectivity index (χ2n) is 5.06. The summed E-state index contributed by atoms with van der Waals surface area (Å²) in [5.74, 6) is 0.0842. The van der Waals surface area contributed by atoms with Crippen molar-refractivity contribution in [3.63, 3.8) is 0 Å². The van der Waals surface area contributed by atoms with Crippen LogP contribution in [0.25, 0.3) is 0 Å². The molecule has 0 bridgehead atoms. The Morgan fingerprint density at radius 3 is 2.47 bits per heavy atom. The molecule has 0 unspecified atom stereocenters. The van der Waals surface area contributed by atoms with E-state index in [-0.39, 0.29) is 11.4 Å². The van der Waals surface area contributed by atoms with Crippen molar-refractivity contribution in [3.05, 3.63) is 35.9 Å². The van der Waals surface area contributed by atoms with Gasteiger partial charge < -0.3 is 5.32 Å². The third-order valence-corrected chi connectivity index (χ3v) is 3.70. The zero-order valence-corrected chi connectivity index (χ0v) is 10.5. The lowest BCUT2D eigenvalue weighted by Crippen LogP contribution is -2.46. The smallest absolute Gasteiger partial charge is 0.251 e. The molecule has 2 rings (SSSR count). The molecule has 92 valence electrons. The van der Waals surface area contributed by atoms with Crippen LogP contribution in [0.2, 0.25) is 0 Å². The highest BCUT2D eigenvalue weighted by molar-refractivity contribution is 5.94. The molecule has 17 heavy (non-hydrogen) atoms. The second-order valence-corrected chi connectivity index (χ2v) is 5.06. The zero-order valence-electron chi connectivity index (χ0n) is 10.5. The monoisotopic (exact) mass is 231 g/mol. The third kappa shape index (κ3) is 2.87. The average molecular weight is 231 g/mol. The van der Waals surface area contributed by atoms with E-state index >= 15 is 0 Å². The van der Waals surface area contributed by atoms with Crippen molar-refractivity contribution < 1.29 is 4.79 Å². The molecule has 1 aromatic rings. The number of rotatable bonds is 4. The fraction of sp³-hybridized carbons (Fsp3) is 0.533. The summed E-state index contributed by atoms with van der Waals surface area (Å²) < 4.78 is 0. The summed E-state index contributed by atoms with van der Waals surface area (Å²) in [6.45, 7) is 2.19. The summed E-state index contributed by atoms with van der Waals surface area (Å²) in [5.41, 5.74) is 0.844. The minimum Gasteiger partial charge on any atom is -0.347 e. The maximum absolute atomic E-state index is 12.2. The van der Waals surface area contributed by atoms with Crippen LogP contribution in [0.1, 0.15) is 55.8 Å². The van der Waals surface area contributed by atoms with Crippen LogP contribution >= 0.6 is 0 Å². The van der Waals surface area contributed by atoms with Gasteiger partial charge in [-0.05, 0) is 31.4 Å². The number of carbonyl (C=O) groups excluding carboxylic acids is 1. The van der Waals surface area contributed by atoms with Crippen molar-refractivity contribution in [2.45, 2.75) is 51.0 Å². The highest BCUT2D eigenvalue weighted by atomic mass is 16.1. The predicted molar refractivity (Wildman–Crippen MR) is 70.0 cm³/mol. The van der Waals surface area contributed by atoms with Crippen molar-refractivity contribution in [1.82, 2.24) is 5.32 Å². The first kappa shape index (κ1) is 12.2. The van der Waals surface area contributed by atoms with Gasteiger partial charge in [0.1, 0.15) is 0 Å². The van der Waals surface area contributed by atoms with Crippen LogP contribution in [0.15, 0.2) is 30.3 Å². The van der Waals surface area contributed by atoms with Gasteiger partial charge in [0.05, 0.1) is 0 Å². The molecule has 0 spiro atoms. The van der Waals surface area contributed by atoms with E-state index in [2.05, 4.69) is 12.2 Å². The topological polar surface area (TPSA) is 29.1 Å². The van der Waals surface area contributed by atoms with Crippen LogP contribution in [0, 0.1) is 0 Å². The Labute approximate surface area is 103 Å². The molecule has 0 atom stereocenters. The van der Waals surface area contributed by atoms with Crippen LogP contribution < -0.4 is 5.32 Å². The van der Waals surface area contributed by atoms with Gasteiger partial charge in [0, 0.05) is 11.1 Å². The molecule has 0 heterocycles. The molecule has 1 fully saturated rings. The van der Waals surface area contributed by atoms with E-state index < -0.39 is 0 Å². The van der Waals surface area contributed by atoms with Gasteiger partial charge in [0.25, 0.3) is 5.91 Å².